The smallest absolute Gasteiger partial charge is 0.352 e. The second-order valence-corrected chi connectivity index (χ2v) is 12.8. The molecular formula is C41H47N5O3. The van der Waals surface area contributed by atoms with Crippen LogP contribution in [0, 0.1) is 6.92 Å². The zero-order valence-corrected chi connectivity index (χ0v) is 29.3. The molecule has 0 saturated carbocycles. The molecule has 0 bridgehead atoms. The summed E-state index contributed by atoms with van der Waals surface area (Å²) >= 11 is 0. The van der Waals surface area contributed by atoms with Gasteiger partial charge in [-0.3, -0.25) is 9.58 Å². The van der Waals surface area contributed by atoms with Crippen LogP contribution in [-0.2, 0) is 33.1 Å². The van der Waals surface area contributed by atoms with Gasteiger partial charge in [-0.1, -0.05) is 92.7 Å². The molecule has 3 heterocycles. The number of nitrogens with one attached hydrogen (secondary N) is 1. The van der Waals surface area contributed by atoms with Crippen LogP contribution >= 0.6 is 0 Å². The van der Waals surface area contributed by atoms with E-state index in [1.807, 2.05) is 46.6 Å². The molecule has 4 aromatic carbocycles. The summed E-state index contributed by atoms with van der Waals surface area (Å²) in [6.07, 6.45) is 1.27. The van der Waals surface area contributed by atoms with E-state index in [4.69, 9.17) is 9.84 Å². The molecule has 0 fully saturated rings. The molecule has 0 atom stereocenters. The van der Waals surface area contributed by atoms with Crippen molar-refractivity contribution in [1.29, 1.82) is 0 Å². The SMILES string of the molecule is CCNCC.Cc1c2c(nn1C)CN(C)Cc1ccccc1Cn1c(C(=O)O)c(CCCOc3cccc4ccccc34)c3cccc-2c31. The van der Waals surface area contributed by atoms with Gasteiger partial charge in [-0.05, 0) is 68.0 Å². The molecule has 49 heavy (non-hydrogen) atoms. The lowest BCUT2D eigenvalue weighted by Crippen LogP contribution is -2.19. The molecule has 6 aromatic rings. The number of aryl methyl sites for hydroxylation is 2. The van der Waals surface area contributed by atoms with Gasteiger partial charge in [0.1, 0.15) is 11.4 Å². The maximum atomic E-state index is 13.1. The van der Waals surface area contributed by atoms with Crippen molar-refractivity contribution < 1.29 is 14.6 Å². The lowest BCUT2D eigenvalue weighted by molar-refractivity contribution is 0.0684. The van der Waals surface area contributed by atoms with Crippen LogP contribution in [0.25, 0.3) is 32.8 Å². The Morgan fingerprint density at radius 3 is 2.27 bits per heavy atom. The fourth-order valence-electron chi connectivity index (χ4n) is 7.12. The molecule has 2 aromatic heterocycles. The summed E-state index contributed by atoms with van der Waals surface area (Å²) in [6, 6.07) is 28.9. The van der Waals surface area contributed by atoms with E-state index in [1.54, 1.807) is 0 Å². The number of hydrogen-bond acceptors (Lipinski definition) is 5. The number of aromatic nitrogens is 3. The second kappa shape index (κ2) is 15.1. The number of para-hydroxylation sites is 1. The van der Waals surface area contributed by atoms with Crippen LogP contribution in [0.15, 0.2) is 84.9 Å². The Bertz CT molecular complexity index is 2090. The summed E-state index contributed by atoms with van der Waals surface area (Å²) in [5.41, 5.74) is 8.62. The Balaban J connectivity index is 0.000000778. The number of fused-ring (bicyclic) bond motifs is 4. The number of carbonyl (C=O) groups is 1. The standard InChI is InChI=1S/C37H36N4O3.C4H11N/c1-24-34-31-17-9-16-29-30(18-10-20-44-33-19-8-14-25-11-6-7-15-28(25)33)36(37(42)43)41(35(29)31)22-27-13-5-4-12-26(27)21-39(2)23-32(34)38-40(24)3;1-3-5-4-2/h4-9,11-17,19H,10,18,20-23H2,1-3H3,(H,42,43);5H,3-4H2,1-2H3. The minimum Gasteiger partial charge on any atom is -0.493 e. The van der Waals surface area contributed by atoms with Gasteiger partial charge in [-0.2, -0.15) is 5.10 Å². The van der Waals surface area contributed by atoms with Crippen LogP contribution in [0.3, 0.4) is 0 Å². The van der Waals surface area contributed by atoms with Gasteiger partial charge in [0.05, 0.1) is 17.8 Å². The molecule has 8 nitrogen and oxygen atoms in total. The Morgan fingerprint density at radius 1 is 0.857 bits per heavy atom. The highest BCUT2D eigenvalue weighted by Gasteiger charge is 2.28. The fourth-order valence-corrected chi connectivity index (χ4v) is 7.12. The summed E-state index contributed by atoms with van der Waals surface area (Å²) in [4.78, 5) is 15.4. The average Bonchev–Trinajstić information content (AvgIpc) is 3.55. The van der Waals surface area contributed by atoms with E-state index >= 15 is 0 Å². The number of hydrogen-bond donors (Lipinski definition) is 2. The molecule has 0 spiro atoms. The molecular weight excluding hydrogens is 610 g/mol. The maximum Gasteiger partial charge on any atom is 0.352 e. The van der Waals surface area contributed by atoms with E-state index in [0.29, 0.717) is 38.2 Å². The Morgan fingerprint density at radius 2 is 1.53 bits per heavy atom. The molecule has 2 N–H and O–H groups in total. The van der Waals surface area contributed by atoms with E-state index < -0.39 is 5.97 Å². The van der Waals surface area contributed by atoms with Crippen molar-refractivity contribution >= 4 is 27.6 Å². The van der Waals surface area contributed by atoms with Gasteiger partial charge < -0.3 is 19.7 Å². The summed E-state index contributed by atoms with van der Waals surface area (Å²) in [7, 11) is 4.09. The Kier molecular flexibility index (Phi) is 10.5. The first-order valence-electron chi connectivity index (χ1n) is 17.3. The average molecular weight is 658 g/mol. The third kappa shape index (κ3) is 6.98. The zero-order valence-electron chi connectivity index (χ0n) is 29.3. The molecule has 0 aliphatic carbocycles. The first-order chi connectivity index (χ1) is 23.8. The molecule has 1 aliphatic heterocycles. The van der Waals surface area contributed by atoms with E-state index in [-0.39, 0.29) is 0 Å². The lowest BCUT2D eigenvalue weighted by Gasteiger charge is -2.18. The predicted octanol–water partition coefficient (Wildman–Crippen LogP) is 7.82. The van der Waals surface area contributed by atoms with Crippen LogP contribution in [0.1, 0.15) is 58.8 Å². The lowest BCUT2D eigenvalue weighted by atomic mass is 9.98. The summed E-state index contributed by atoms with van der Waals surface area (Å²) in [5.74, 6) is -0.0633. The highest BCUT2D eigenvalue weighted by atomic mass is 16.5. The van der Waals surface area contributed by atoms with E-state index in [2.05, 4.69) is 92.6 Å². The number of benzene rings is 4. The Hall–Kier alpha value is -4.92. The third-order valence-electron chi connectivity index (χ3n) is 9.45. The van der Waals surface area contributed by atoms with Gasteiger partial charge in [0, 0.05) is 54.3 Å². The van der Waals surface area contributed by atoms with E-state index in [1.165, 1.54) is 5.56 Å². The van der Waals surface area contributed by atoms with Crippen LogP contribution in [0.2, 0.25) is 0 Å². The van der Waals surface area contributed by atoms with Crippen molar-refractivity contribution in [3.63, 3.8) is 0 Å². The Labute approximate surface area is 288 Å². The molecule has 0 amide bonds. The minimum atomic E-state index is -0.912. The predicted molar refractivity (Wildman–Crippen MR) is 199 cm³/mol. The molecule has 1 aliphatic rings. The number of carboxylic acids is 1. The van der Waals surface area contributed by atoms with E-state index in [0.717, 1.165) is 80.7 Å². The molecule has 0 saturated heterocycles. The van der Waals surface area contributed by atoms with Crippen molar-refractivity contribution in [2.75, 3.05) is 26.7 Å². The second-order valence-electron chi connectivity index (χ2n) is 12.8. The summed E-state index contributed by atoms with van der Waals surface area (Å²) in [6.45, 7) is 10.9. The third-order valence-corrected chi connectivity index (χ3v) is 9.45. The molecule has 8 heteroatoms. The van der Waals surface area contributed by atoms with Gasteiger partial charge >= 0.3 is 5.97 Å². The van der Waals surface area contributed by atoms with Gasteiger partial charge in [0.15, 0.2) is 0 Å². The van der Waals surface area contributed by atoms with Gasteiger partial charge in [0.2, 0.25) is 0 Å². The number of ether oxygens (including phenoxy) is 1. The molecule has 0 unspecified atom stereocenters. The highest BCUT2D eigenvalue weighted by Crippen LogP contribution is 2.39. The summed E-state index contributed by atoms with van der Waals surface area (Å²) < 4.78 is 10.2. The first kappa shape index (κ1) is 34.0. The van der Waals surface area contributed by atoms with Crippen LogP contribution in [-0.4, -0.2) is 57.1 Å². The van der Waals surface area contributed by atoms with Gasteiger partial charge in [0.25, 0.3) is 0 Å². The highest BCUT2D eigenvalue weighted by molar-refractivity contribution is 6.04. The number of carboxylic acid groups (broad SMARTS) is 1. The van der Waals surface area contributed by atoms with Crippen molar-refractivity contribution in [3.05, 3.63) is 119 Å². The zero-order chi connectivity index (χ0) is 34.5. The maximum absolute atomic E-state index is 13.1. The molecule has 7 rings (SSSR count). The van der Waals surface area contributed by atoms with Gasteiger partial charge in [-0.25, -0.2) is 4.79 Å². The largest absolute Gasteiger partial charge is 0.493 e. The fraction of sp³-hybridized carbons (Fsp3) is 0.317. The van der Waals surface area contributed by atoms with Crippen LogP contribution in [0.4, 0.5) is 0 Å². The quantitative estimate of drug-likeness (QED) is 0.162. The van der Waals surface area contributed by atoms with Crippen molar-refractivity contribution in [2.45, 2.75) is 53.2 Å². The van der Waals surface area contributed by atoms with Crippen LogP contribution < -0.4 is 10.1 Å². The van der Waals surface area contributed by atoms with Crippen molar-refractivity contribution in [1.82, 2.24) is 24.6 Å². The molecule has 0 radical (unpaired) electrons. The van der Waals surface area contributed by atoms with Crippen molar-refractivity contribution in [2.24, 2.45) is 7.05 Å². The number of rotatable bonds is 8. The monoisotopic (exact) mass is 657 g/mol. The molecule has 254 valence electrons. The van der Waals surface area contributed by atoms with Crippen LogP contribution in [0.5, 0.6) is 5.75 Å². The number of nitrogens with zero attached hydrogens (tertiary/aromatic N) is 4. The van der Waals surface area contributed by atoms with Crippen molar-refractivity contribution in [3.8, 4) is 16.9 Å². The van der Waals surface area contributed by atoms with Gasteiger partial charge in [-0.15, -0.1) is 0 Å². The normalized spacial score (nSPS) is 12.9. The first-order valence-corrected chi connectivity index (χ1v) is 17.3. The van der Waals surface area contributed by atoms with E-state index in [9.17, 15) is 9.90 Å². The number of aromatic carboxylic acids is 1. The summed E-state index contributed by atoms with van der Waals surface area (Å²) in [5, 5.41) is 22.0. The minimum absolute atomic E-state index is 0.350. The topological polar surface area (TPSA) is 84.6 Å².